The number of likely N-dealkylation sites (tertiary alicyclic amines) is 1. The predicted molar refractivity (Wildman–Crippen MR) is 80.8 cm³/mol. The first-order chi connectivity index (χ1) is 9.68. The number of hydrogen-bond acceptors (Lipinski definition) is 2. The third-order valence-corrected chi connectivity index (χ3v) is 5.12. The fraction of sp³-hybridized carbons (Fsp3) is 0.389. The average Bonchev–Trinajstić information content (AvgIpc) is 2.76. The van der Waals surface area contributed by atoms with Crippen LogP contribution in [-0.2, 0) is 16.8 Å². The molecule has 1 atom stereocenters. The molecule has 2 aromatic carbocycles. The van der Waals surface area contributed by atoms with Gasteiger partial charge in [0.25, 0.3) is 0 Å². The van der Waals surface area contributed by atoms with Crippen LogP contribution in [0.1, 0.15) is 30.9 Å². The van der Waals surface area contributed by atoms with Crippen molar-refractivity contribution in [1.82, 2.24) is 4.90 Å². The Bertz CT molecular complexity index is 690. The molecule has 0 spiro atoms. The molecule has 0 bridgehead atoms. The Kier molecular flexibility index (Phi) is 2.52. The van der Waals surface area contributed by atoms with Gasteiger partial charge in [-0.1, -0.05) is 36.4 Å². The summed E-state index contributed by atoms with van der Waals surface area (Å²) < 4.78 is 0. The number of rotatable bonds is 1. The van der Waals surface area contributed by atoms with Crippen molar-refractivity contribution in [1.29, 1.82) is 0 Å². The number of nitrogens with zero attached hydrogens (tertiary/aromatic N) is 1. The van der Waals surface area contributed by atoms with Gasteiger partial charge in [-0.3, -0.25) is 9.69 Å². The van der Waals surface area contributed by atoms with Crippen LogP contribution < -0.4 is 0 Å². The van der Waals surface area contributed by atoms with Gasteiger partial charge in [0.1, 0.15) is 5.78 Å². The van der Waals surface area contributed by atoms with Crippen molar-refractivity contribution in [3.63, 3.8) is 0 Å². The average molecular weight is 265 g/mol. The second-order valence-corrected chi connectivity index (χ2v) is 6.30. The molecular formula is C18H19NO. The van der Waals surface area contributed by atoms with E-state index in [1.165, 1.54) is 21.9 Å². The van der Waals surface area contributed by atoms with Gasteiger partial charge in [0.05, 0.1) is 0 Å². The number of carbonyl (C=O) groups excluding carboxylic acids is 1. The molecule has 0 saturated carbocycles. The quantitative estimate of drug-likeness (QED) is 0.788. The highest BCUT2D eigenvalue weighted by molar-refractivity contribution is 5.92. The lowest BCUT2D eigenvalue weighted by Crippen LogP contribution is -2.48. The van der Waals surface area contributed by atoms with Gasteiger partial charge < -0.3 is 0 Å². The van der Waals surface area contributed by atoms with E-state index in [4.69, 9.17) is 0 Å². The summed E-state index contributed by atoms with van der Waals surface area (Å²) in [5.41, 5.74) is 2.96. The van der Waals surface area contributed by atoms with Gasteiger partial charge in [-0.2, -0.15) is 0 Å². The van der Waals surface area contributed by atoms with Crippen LogP contribution in [-0.4, -0.2) is 23.8 Å². The van der Waals surface area contributed by atoms with Gasteiger partial charge in [-0.15, -0.1) is 0 Å². The Morgan fingerprint density at radius 3 is 2.50 bits per heavy atom. The largest absolute Gasteiger partial charge is 0.300 e. The molecule has 1 saturated heterocycles. The molecule has 0 N–H and O–H groups in total. The summed E-state index contributed by atoms with van der Waals surface area (Å²) in [7, 11) is 0. The lowest BCUT2D eigenvalue weighted by atomic mass is 9.88. The fourth-order valence-electron chi connectivity index (χ4n) is 4.01. The maximum Gasteiger partial charge on any atom is 0.135 e. The van der Waals surface area contributed by atoms with Gasteiger partial charge in [0, 0.05) is 31.5 Å². The van der Waals surface area contributed by atoms with Gasteiger partial charge in [0.2, 0.25) is 0 Å². The molecule has 2 heteroatoms. The third kappa shape index (κ3) is 1.58. The molecule has 102 valence electrons. The molecule has 1 aliphatic heterocycles. The SMILES string of the molecule is CC1(N2CCC(=O)CC2)Cc2cccc3cccc1c23. The van der Waals surface area contributed by atoms with E-state index < -0.39 is 0 Å². The van der Waals surface area contributed by atoms with E-state index in [9.17, 15) is 4.79 Å². The monoisotopic (exact) mass is 265 g/mol. The first-order valence-electron chi connectivity index (χ1n) is 7.46. The van der Waals surface area contributed by atoms with Crippen LogP contribution in [0, 0.1) is 0 Å². The zero-order valence-corrected chi connectivity index (χ0v) is 11.9. The minimum absolute atomic E-state index is 0.0594. The number of Topliss-reactive ketones (excluding diaryl/α,β-unsaturated/α-hetero) is 1. The van der Waals surface area contributed by atoms with E-state index in [1.54, 1.807) is 0 Å². The van der Waals surface area contributed by atoms with E-state index in [-0.39, 0.29) is 5.54 Å². The van der Waals surface area contributed by atoms with Crippen molar-refractivity contribution < 1.29 is 4.79 Å². The van der Waals surface area contributed by atoms with E-state index >= 15 is 0 Å². The third-order valence-electron chi connectivity index (χ3n) is 5.12. The molecular weight excluding hydrogens is 246 g/mol. The summed E-state index contributed by atoms with van der Waals surface area (Å²) in [5, 5.41) is 2.78. The summed E-state index contributed by atoms with van der Waals surface area (Å²) in [6, 6.07) is 13.3. The number of ketones is 1. The number of hydrogen-bond donors (Lipinski definition) is 0. The van der Waals surface area contributed by atoms with Gasteiger partial charge in [-0.25, -0.2) is 0 Å². The molecule has 0 aromatic heterocycles. The Labute approximate surface area is 119 Å². The normalized spacial score (nSPS) is 26.4. The minimum Gasteiger partial charge on any atom is -0.300 e. The van der Waals surface area contributed by atoms with Crippen LogP contribution >= 0.6 is 0 Å². The zero-order valence-electron chi connectivity index (χ0n) is 11.9. The summed E-state index contributed by atoms with van der Waals surface area (Å²) in [5.74, 6) is 0.415. The van der Waals surface area contributed by atoms with Crippen molar-refractivity contribution in [3.8, 4) is 0 Å². The van der Waals surface area contributed by atoms with Crippen molar-refractivity contribution in [3.05, 3.63) is 47.5 Å². The van der Waals surface area contributed by atoms with Crippen LogP contribution in [0.2, 0.25) is 0 Å². The maximum atomic E-state index is 11.5. The first-order valence-corrected chi connectivity index (χ1v) is 7.46. The second kappa shape index (κ2) is 4.16. The molecule has 20 heavy (non-hydrogen) atoms. The second-order valence-electron chi connectivity index (χ2n) is 6.30. The summed E-state index contributed by atoms with van der Waals surface area (Å²) in [6.45, 7) is 4.15. The number of carbonyl (C=O) groups is 1. The summed E-state index contributed by atoms with van der Waals surface area (Å²) >= 11 is 0. The van der Waals surface area contributed by atoms with Crippen molar-refractivity contribution in [2.45, 2.75) is 31.7 Å². The van der Waals surface area contributed by atoms with Crippen LogP contribution in [0.4, 0.5) is 0 Å². The number of piperidine rings is 1. The molecule has 1 aliphatic carbocycles. The Hall–Kier alpha value is -1.67. The van der Waals surface area contributed by atoms with Crippen molar-refractivity contribution in [2.24, 2.45) is 0 Å². The zero-order chi connectivity index (χ0) is 13.7. The topological polar surface area (TPSA) is 20.3 Å². The molecule has 0 amide bonds. The lowest BCUT2D eigenvalue weighted by molar-refractivity contribution is -0.122. The smallest absolute Gasteiger partial charge is 0.135 e. The Morgan fingerprint density at radius 1 is 1.05 bits per heavy atom. The Balaban J connectivity index is 1.83. The van der Waals surface area contributed by atoms with Crippen LogP contribution in [0.3, 0.4) is 0 Å². The molecule has 2 aliphatic rings. The Morgan fingerprint density at radius 2 is 1.75 bits per heavy atom. The standard InChI is InChI=1S/C18H19NO/c1-18(19-10-8-15(20)9-11-19)12-14-6-2-4-13-5-3-7-16(18)17(13)14/h2-7H,8-12H2,1H3. The predicted octanol–water partition coefficient (Wildman–Crippen LogP) is 3.28. The first kappa shape index (κ1) is 12.1. The molecule has 2 aromatic rings. The minimum atomic E-state index is 0.0594. The van der Waals surface area contributed by atoms with Crippen molar-refractivity contribution in [2.75, 3.05) is 13.1 Å². The molecule has 2 nitrogen and oxygen atoms in total. The summed E-state index contributed by atoms with van der Waals surface area (Å²) in [4.78, 5) is 14.0. The van der Waals surface area contributed by atoms with Crippen LogP contribution in [0.25, 0.3) is 10.8 Å². The fourth-order valence-corrected chi connectivity index (χ4v) is 4.01. The maximum absolute atomic E-state index is 11.5. The van der Waals surface area contributed by atoms with E-state index in [1.807, 2.05) is 0 Å². The van der Waals surface area contributed by atoms with E-state index in [0.717, 1.165) is 19.5 Å². The van der Waals surface area contributed by atoms with Gasteiger partial charge in [-0.05, 0) is 35.2 Å². The summed E-state index contributed by atoms with van der Waals surface area (Å²) in [6.07, 6.45) is 2.49. The number of benzene rings is 2. The van der Waals surface area contributed by atoms with Gasteiger partial charge in [0.15, 0.2) is 0 Å². The van der Waals surface area contributed by atoms with Crippen LogP contribution in [0.5, 0.6) is 0 Å². The molecule has 1 unspecified atom stereocenters. The highest BCUT2D eigenvalue weighted by atomic mass is 16.1. The van der Waals surface area contributed by atoms with Crippen molar-refractivity contribution >= 4 is 16.6 Å². The molecule has 4 rings (SSSR count). The molecule has 1 heterocycles. The van der Waals surface area contributed by atoms with Crippen LogP contribution in [0.15, 0.2) is 36.4 Å². The van der Waals surface area contributed by atoms with Gasteiger partial charge >= 0.3 is 0 Å². The molecule has 0 radical (unpaired) electrons. The molecule has 1 fully saturated rings. The highest BCUT2D eigenvalue weighted by Crippen LogP contribution is 2.45. The lowest BCUT2D eigenvalue weighted by Gasteiger charge is -2.41. The van der Waals surface area contributed by atoms with E-state index in [2.05, 4.69) is 48.2 Å². The van der Waals surface area contributed by atoms with E-state index in [0.29, 0.717) is 18.6 Å². The highest BCUT2D eigenvalue weighted by Gasteiger charge is 2.41.